The fourth-order valence-electron chi connectivity index (χ4n) is 1.72. The summed E-state index contributed by atoms with van der Waals surface area (Å²) in [5, 5.41) is 6.92. The van der Waals surface area contributed by atoms with E-state index in [9.17, 15) is 8.78 Å². The first-order valence-corrected chi connectivity index (χ1v) is 6.64. The van der Waals surface area contributed by atoms with Crippen LogP contribution in [0.15, 0.2) is 22.9 Å². The zero-order chi connectivity index (χ0) is 13.8. The van der Waals surface area contributed by atoms with Crippen molar-refractivity contribution >= 4 is 23.0 Å². The third-order valence-electron chi connectivity index (χ3n) is 2.57. The van der Waals surface area contributed by atoms with E-state index in [-0.39, 0.29) is 17.7 Å². The Morgan fingerprint density at radius 3 is 2.74 bits per heavy atom. The fourth-order valence-corrected chi connectivity index (χ4v) is 2.40. The van der Waals surface area contributed by atoms with Gasteiger partial charge in [0.25, 0.3) is 0 Å². The number of hydrogen-bond acceptors (Lipinski definition) is 5. The highest BCUT2D eigenvalue weighted by atomic mass is 32.1. The average Bonchev–Trinajstić information content (AvgIpc) is 2.85. The van der Waals surface area contributed by atoms with Crippen LogP contribution in [-0.4, -0.2) is 11.0 Å². The molecule has 0 saturated heterocycles. The van der Waals surface area contributed by atoms with Crippen molar-refractivity contribution < 1.29 is 8.78 Å². The number of nitrogens with zero attached hydrogens (tertiary/aromatic N) is 1. The summed E-state index contributed by atoms with van der Waals surface area (Å²) in [6, 6.07) is 2.72. The molecule has 0 bridgehead atoms. The van der Waals surface area contributed by atoms with Crippen molar-refractivity contribution in [3.63, 3.8) is 0 Å². The van der Waals surface area contributed by atoms with Crippen molar-refractivity contribution in [1.29, 1.82) is 0 Å². The van der Waals surface area contributed by atoms with E-state index in [2.05, 4.69) is 15.7 Å². The largest absolute Gasteiger partial charge is 0.365 e. The van der Waals surface area contributed by atoms with E-state index in [1.54, 1.807) is 11.3 Å². The van der Waals surface area contributed by atoms with Gasteiger partial charge in [0.15, 0.2) is 23.3 Å². The molecular formula is C12H14F2N4S. The van der Waals surface area contributed by atoms with Gasteiger partial charge in [-0.1, -0.05) is 0 Å². The Kier molecular flexibility index (Phi) is 4.28. The average molecular weight is 284 g/mol. The Morgan fingerprint density at radius 1 is 1.37 bits per heavy atom. The minimum absolute atomic E-state index is 0.0166. The van der Waals surface area contributed by atoms with Gasteiger partial charge in [-0.25, -0.2) is 19.6 Å². The molecule has 102 valence electrons. The predicted octanol–water partition coefficient (Wildman–Crippen LogP) is 2.75. The van der Waals surface area contributed by atoms with Crippen molar-refractivity contribution in [2.24, 2.45) is 5.84 Å². The van der Waals surface area contributed by atoms with Crippen molar-refractivity contribution in [3.8, 4) is 0 Å². The van der Waals surface area contributed by atoms with Crippen molar-refractivity contribution in [3.05, 3.63) is 40.1 Å². The first kappa shape index (κ1) is 13.7. The molecule has 0 amide bonds. The summed E-state index contributed by atoms with van der Waals surface area (Å²) in [7, 11) is 0. The van der Waals surface area contributed by atoms with Gasteiger partial charge in [0.05, 0.1) is 0 Å². The third kappa shape index (κ3) is 3.39. The fraction of sp³-hybridized carbons (Fsp3) is 0.250. The SMILES string of the molecule is CC(Cc1ccsc1)Nc1nc(NN)c(F)cc1F. The molecule has 7 heteroatoms. The summed E-state index contributed by atoms with van der Waals surface area (Å²) in [6.45, 7) is 1.90. The van der Waals surface area contributed by atoms with E-state index >= 15 is 0 Å². The number of hydrazine groups is 1. The Hall–Kier alpha value is -1.73. The molecule has 0 aliphatic carbocycles. The molecule has 0 saturated carbocycles. The first-order chi connectivity index (χ1) is 9.10. The lowest BCUT2D eigenvalue weighted by Crippen LogP contribution is -2.21. The quantitative estimate of drug-likeness (QED) is 0.583. The number of nitrogens with one attached hydrogen (secondary N) is 2. The Morgan fingerprint density at radius 2 is 2.11 bits per heavy atom. The summed E-state index contributed by atoms with van der Waals surface area (Å²) >= 11 is 1.61. The second-order valence-corrected chi connectivity index (χ2v) is 4.95. The van der Waals surface area contributed by atoms with Crippen molar-refractivity contribution in [1.82, 2.24) is 4.98 Å². The lowest BCUT2D eigenvalue weighted by Gasteiger charge is -2.15. The van der Waals surface area contributed by atoms with Gasteiger partial charge in [-0.05, 0) is 35.7 Å². The maximum atomic E-state index is 13.6. The van der Waals surface area contributed by atoms with Gasteiger partial charge in [-0.15, -0.1) is 0 Å². The summed E-state index contributed by atoms with van der Waals surface area (Å²) in [5.41, 5.74) is 3.25. The van der Waals surface area contributed by atoms with Crippen molar-refractivity contribution in [2.75, 3.05) is 10.7 Å². The number of halogens is 2. The Balaban J connectivity index is 2.09. The highest BCUT2D eigenvalue weighted by Crippen LogP contribution is 2.19. The molecule has 2 heterocycles. The van der Waals surface area contributed by atoms with E-state index < -0.39 is 11.6 Å². The molecule has 0 fully saturated rings. The van der Waals surface area contributed by atoms with Crippen LogP contribution < -0.4 is 16.6 Å². The Bertz CT molecular complexity index is 545. The van der Waals surface area contributed by atoms with Crippen LogP contribution in [0.5, 0.6) is 0 Å². The molecule has 0 radical (unpaired) electrons. The number of aromatic nitrogens is 1. The first-order valence-electron chi connectivity index (χ1n) is 5.70. The summed E-state index contributed by atoms with van der Waals surface area (Å²) in [5.74, 6) is 3.34. The smallest absolute Gasteiger partial charge is 0.178 e. The van der Waals surface area contributed by atoms with Gasteiger partial charge >= 0.3 is 0 Å². The minimum atomic E-state index is -0.823. The topological polar surface area (TPSA) is 63.0 Å². The van der Waals surface area contributed by atoms with E-state index in [0.717, 1.165) is 18.1 Å². The molecule has 1 unspecified atom stereocenters. The van der Waals surface area contributed by atoms with Crippen LogP contribution in [0.3, 0.4) is 0 Å². The molecule has 4 nitrogen and oxygen atoms in total. The van der Waals surface area contributed by atoms with Crippen molar-refractivity contribution in [2.45, 2.75) is 19.4 Å². The van der Waals surface area contributed by atoms with Gasteiger partial charge < -0.3 is 10.7 Å². The van der Waals surface area contributed by atoms with Crippen LogP contribution in [0.1, 0.15) is 12.5 Å². The molecule has 2 rings (SSSR count). The highest BCUT2D eigenvalue weighted by molar-refractivity contribution is 7.07. The molecule has 1 atom stereocenters. The molecule has 0 aliphatic rings. The number of rotatable bonds is 5. The number of nitrogen functional groups attached to an aromatic ring is 1. The Labute approximate surface area is 113 Å². The lowest BCUT2D eigenvalue weighted by atomic mass is 10.1. The van der Waals surface area contributed by atoms with Gasteiger partial charge in [0.2, 0.25) is 0 Å². The number of pyridine rings is 1. The van der Waals surface area contributed by atoms with Crippen LogP contribution in [-0.2, 0) is 6.42 Å². The lowest BCUT2D eigenvalue weighted by molar-refractivity contribution is 0.575. The molecule has 0 aromatic carbocycles. The number of nitrogens with two attached hydrogens (primary N) is 1. The number of thiophene rings is 1. The maximum Gasteiger partial charge on any atom is 0.178 e. The molecule has 2 aromatic rings. The van der Waals surface area contributed by atoms with Gasteiger partial charge in [0, 0.05) is 12.1 Å². The summed E-state index contributed by atoms with van der Waals surface area (Å²) in [6.07, 6.45) is 0.730. The molecular weight excluding hydrogens is 270 g/mol. The van der Waals surface area contributed by atoms with Crippen LogP contribution in [0.4, 0.5) is 20.4 Å². The summed E-state index contributed by atoms with van der Waals surface area (Å²) in [4.78, 5) is 3.76. The van der Waals surface area contributed by atoms with E-state index in [1.165, 1.54) is 0 Å². The highest BCUT2D eigenvalue weighted by Gasteiger charge is 2.13. The van der Waals surface area contributed by atoms with Gasteiger partial charge in [-0.3, -0.25) is 0 Å². The molecule has 0 aliphatic heterocycles. The van der Waals surface area contributed by atoms with Crippen LogP contribution in [0, 0.1) is 11.6 Å². The minimum Gasteiger partial charge on any atom is -0.365 e. The number of hydrogen-bond donors (Lipinski definition) is 3. The normalized spacial score (nSPS) is 12.2. The number of anilines is 2. The zero-order valence-electron chi connectivity index (χ0n) is 10.3. The van der Waals surface area contributed by atoms with Crippen LogP contribution >= 0.6 is 11.3 Å². The standard InChI is InChI=1S/C12H14F2N4S/c1-7(4-8-2-3-19-6-8)16-11-9(13)5-10(14)12(17-11)18-15/h2-3,5-7H,4,15H2,1H3,(H2,16,17,18). The van der Waals surface area contributed by atoms with Gasteiger partial charge in [0.1, 0.15) is 0 Å². The molecule has 0 spiro atoms. The van der Waals surface area contributed by atoms with Gasteiger partial charge in [-0.2, -0.15) is 11.3 Å². The van der Waals surface area contributed by atoms with E-state index in [1.807, 2.05) is 23.8 Å². The van der Waals surface area contributed by atoms with E-state index in [0.29, 0.717) is 0 Å². The molecule has 4 N–H and O–H groups in total. The monoisotopic (exact) mass is 284 g/mol. The third-order valence-corrected chi connectivity index (χ3v) is 3.30. The summed E-state index contributed by atoms with van der Waals surface area (Å²) < 4.78 is 26.8. The second kappa shape index (κ2) is 5.94. The molecule has 2 aromatic heterocycles. The molecule has 19 heavy (non-hydrogen) atoms. The van der Waals surface area contributed by atoms with Crippen LogP contribution in [0.25, 0.3) is 0 Å². The second-order valence-electron chi connectivity index (χ2n) is 4.17. The predicted molar refractivity (Wildman–Crippen MR) is 73.1 cm³/mol. The zero-order valence-corrected chi connectivity index (χ0v) is 11.1. The van der Waals surface area contributed by atoms with E-state index in [4.69, 9.17) is 5.84 Å². The maximum absolute atomic E-state index is 13.6. The van der Waals surface area contributed by atoms with Crippen LogP contribution in [0.2, 0.25) is 0 Å².